The fourth-order valence-electron chi connectivity index (χ4n) is 2.43. The molecule has 1 aromatic rings. The molecule has 0 spiro atoms. The Bertz CT molecular complexity index is 406. The molecule has 5 heteroatoms. The second-order valence-electron chi connectivity index (χ2n) is 5.98. The molecule has 1 aromatic heterocycles. The van der Waals surface area contributed by atoms with Gasteiger partial charge in [0.05, 0.1) is 6.42 Å². The Balaban J connectivity index is 2.54. The number of anilines is 1. The molecule has 126 valence electrons. The molecule has 0 saturated carbocycles. The molecular formula is C17H31N3O2. The van der Waals surface area contributed by atoms with E-state index in [0.717, 1.165) is 25.9 Å². The summed E-state index contributed by atoms with van der Waals surface area (Å²) in [5, 5.41) is 3.92. The zero-order valence-electron chi connectivity index (χ0n) is 14.4. The average Bonchev–Trinajstić information content (AvgIpc) is 2.93. The number of aromatic nitrogens is 2. The number of carbonyl (C=O) groups is 1. The second kappa shape index (κ2) is 11.2. The molecule has 0 amide bonds. The molecule has 22 heavy (non-hydrogen) atoms. The third-order valence-corrected chi connectivity index (χ3v) is 3.70. The van der Waals surface area contributed by atoms with Crippen LogP contribution in [0.5, 0.6) is 0 Å². The first-order chi connectivity index (χ1) is 10.7. The maximum atomic E-state index is 11.1. The van der Waals surface area contributed by atoms with Crippen molar-refractivity contribution in [3.05, 3.63) is 5.82 Å². The number of nitrogens with zero attached hydrogens (tertiary/aromatic N) is 3. The molecule has 0 aliphatic rings. The van der Waals surface area contributed by atoms with Gasteiger partial charge in [0.1, 0.15) is 5.78 Å². The van der Waals surface area contributed by atoms with E-state index in [1.165, 1.54) is 38.5 Å². The molecule has 0 unspecified atom stereocenters. The van der Waals surface area contributed by atoms with Gasteiger partial charge in [-0.25, -0.2) is 0 Å². The summed E-state index contributed by atoms with van der Waals surface area (Å²) in [5.74, 6) is 0.555. The van der Waals surface area contributed by atoms with Crippen molar-refractivity contribution >= 4 is 11.8 Å². The predicted molar refractivity (Wildman–Crippen MR) is 89.2 cm³/mol. The van der Waals surface area contributed by atoms with Gasteiger partial charge in [-0.1, -0.05) is 57.5 Å². The summed E-state index contributed by atoms with van der Waals surface area (Å²) in [6.07, 6.45) is 10.0. The van der Waals surface area contributed by atoms with Crippen LogP contribution in [0.25, 0.3) is 0 Å². The van der Waals surface area contributed by atoms with E-state index in [1.807, 2.05) is 0 Å². The zero-order valence-corrected chi connectivity index (χ0v) is 14.4. The summed E-state index contributed by atoms with van der Waals surface area (Å²) in [6, 6.07) is 0.573. The van der Waals surface area contributed by atoms with Gasteiger partial charge in [0.15, 0.2) is 5.82 Å². The largest absolute Gasteiger partial charge is 0.324 e. The van der Waals surface area contributed by atoms with Crippen molar-refractivity contribution in [1.82, 2.24) is 10.1 Å². The molecule has 0 radical (unpaired) electrons. The lowest BCUT2D eigenvalue weighted by Gasteiger charge is -2.19. The van der Waals surface area contributed by atoms with Crippen molar-refractivity contribution in [3.63, 3.8) is 0 Å². The van der Waals surface area contributed by atoms with E-state index in [0.29, 0.717) is 11.8 Å². The normalized spacial score (nSPS) is 10.9. The minimum atomic E-state index is 0.0600. The zero-order chi connectivity index (χ0) is 16.2. The van der Waals surface area contributed by atoms with Gasteiger partial charge in [-0.15, -0.1) is 0 Å². The third-order valence-electron chi connectivity index (χ3n) is 3.70. The molecule has 0 bridgehead atoms. The van der Waals surface area contributed by atoms with Crippen LogP contribution < -0.4 is 4.90 Å². The molecule has 0 aliphatic heterocycles. The highest BCUT2D eigenvalue weighted by atomic mass is 16.5. The lowest BCUT2D eigenvalue weighted by molar-refractivity contribution is -0.116. The molecule has 0 fully saturated rings. The van der Waals surface area contributed by atoms with E-state index < -0.39 is 0 Å². The van der Waals surface area contributed by atoms with Crippen LogP contribution in [0, 0.1) is 0 Å². The Labute approximate surface area is 134 Å². The number of carbonyl (C=O) groups excluding carboxylic acids is 1. The lowest BCUT2D eigenvalue weighted by atomic mass is 10.2. The number of hydrogen-bond donors (Lipinski definition) is 0. The van der Waals surface area contributed by atoms with Crippen molar-refractivity contribution in [3.8, 4) is 0 Å². The second-order valence-corrected chi connectivity index (χ2v) is 5.98. The van der Waals surface area contributed by atoms with Gasteiger partial charge in [0.25, 0.3) is 0 Å². The van der Waals surface area contributed by atoms with Gasteiger partial charge < -0.3 is 9.42 Å². The summed E-state index contributed by atoms with van der Waals surface area (Å²) in [6.45, 7) is 7.88. The Hall–Kier alpha value is -1.39. The first-order valence-corrected chi connectivity index (χ1v) is 8.74. The van der Waals surface area contributed by atoms with E-state index in [2.05, 4.69) is 28.9 Å². The maximum Gasteiger partial charge on any atom is 0.324 e. The Morgan fingerprint density at radius 2 is 1.59 bits per heavy atom. The van der Waals surface area contributed by atoms with Crippen LogP contribution in [-0.2, 0) is 11.2 Å². The smallest absolute Gasteiger partial charge is 0.324 e. The number of ketones is 1. The van der Waals surface area contributed by atoms with Crippen LogP contribution >= 0.6 is 0 Å². The highest BCUT2D eigenvalue weighted by Gasteiger charge is 2.15. The van der Waals surface area contributed by atoms with Crippen LogP contribution in [0.2, 0.25) is 0 Å². The van der Waals surface area contributed by atoms with Gasteiger partial charge in [-0.3, -0.25) is 4.79 Å². The van der Waals surface area contributed by atoms with Crippen LogP contribution in [0.3, 0.4) is 0 Å². The van der Waals surface area contributed by atoms with E-state index >= 15 is 0 Å². The molecule has 0 saturated heterocycles. The first kappa shape index (κ1) is 18.7. The van der Waals surface area contributed by atoms with Crippen LogP contribution in [0.4, 0.5) is 6.01 Å². The standard InChI is InChI=1S/C17H31N3O2/c1-4-6-8-10-12-20(13-11-9-7-5-2)17-18-16(19-22-17)14-15(3)21/h4-14H2,1-3H3. The monoisotopic (exact) mass is 309 g/mol. The van der Waals surface area contributed by atoms with E-state index in [9.17, 15) is 4.79 Å². The SMILES string of the molecule is CCCCCCN(CCCCCC)c1nc(CC(C)=O)no1. The quantitative estimate of drug-likeness (QED) is 0.512. The maximum absolute atomic E-state index is 11.1. The predicted octanol–water partition coefficient (Wildman–Crippen LogP) is 4.17. The molecule has 0 atom stereocenters. The summed E-state index contributed by atoms with van der Waals surface area (Å²) in [4.78, 5) is 17.7. The van der Waals surface area contributed by atoms with Gasteiger partial charge in [-0.05, 0) is 19.8 Å². The third kappa shape index (κ3) is 7.57. The molecule has 0 aromatic carbocycles. The number of Topliss-reactive ketones (excluding diaryl/α,β-unsaturated/α-hetero) is 1. The molecular weight excluding hydrogens is 278 g/mol. The van der Waals surface area contributed by atoms with Crippen LogP contribution in [0.1, 0.15) is 78.0 Å². The first-order valence-electron chi connectivity index (χ1n) is 8.74. The molecule has 1 heterocycles. The van der Waals surface area contributed by atoms with E-state index in [4.69, 9.17) is 4.52 Å². The number of unbranched alkanes of at least 4 members (excludes halogenated alkanes) is 6. The Morgan fingerprint density at radius 1 is 1.00 bits per heavy atom. The minimum absolute atomic E-state index is 0.0600. The van der Waals surface area contributed by atoms with Crippen molar-refractivity contribution in [2.75, 3.05) is 18.0 Å². The van der Waals surface area contributed by atoms with E-state index in [1.54, 1.807) is 6.92 Å². The van der Waals surface area contributed by atoms with Gasteiger partial charge >= 0.3 is 6.01 Å². The molecule has 1 rings (SSSR count). The van der Waals surface area contributed by atoms with Gasteiger partial charge in [-0.2, -0.15) is 4.98 Å². The lowest BCUT2D eigenvalue weighted by Crippen LogP contribution is -2.26. The fraction of sp³-hybridized carbons (Fsp3) is 0.824. The minimum Gasteiger partial charge on any atom is -0.324 e. The average molecular weight is 309 g/mol. The topological polar surface area (TPSA) is 59.2 Å². The summed E-state index contributed by atoms with van der Waals surface area (Å²) in [7, 11) is 0. The highest BCUT2D eigenvalue weighted by Crippen LogP contribution is 2.15. The summed E-state index contributed by atoms with van der Waals surface area (Å²) in [5.41, 5.74) is 0. The fourth-order valence-corrected chi connectivity index (χ4v) is 2.43. The van der Waals surface area contributed by atoms with Crippen LogP contribution in [-0.4, -0.2) is 29.0 Å². The Kier molecular flexibility index (Phi) is 9.51. The number of rotatable bonds is 13. The highest BCUT2D eigenvalue weighted by molar-refractivity contribution is 5.77. The van der Waals surface area contributed by atoms with Crippen molar-refractivity contribution in [2.24, 2.45) is 0 Å². The number of hydrogen-bond acceptors (Lipinski definition) is 5. The summed E-state index contributed by atoms with van der Waals surface area (Å²) < 4.78 is 5.35. The van der Waals surface area contributed by atoms with Gasteiger partial charge in [0, 0.05) is 13.1 Å². The van der Waals surface area contributed by atoms with Crippen molar-refractivity contribution in [2.45, 2.75) is 78.6 Å². The Morgan fingerprint density at radius 3 is 2.09 bits per heavy atom. The van der Waals surface area contributed by atoms with E-state index in [-0.39, 0.29) is 12.2 Å². The van der Waals surface area contributed by atoms with Crippen molar-refractivity contribution in [1.29, 1.82) is 0 Å². The molecule has 0 aliphatic carbocycles. The molecule has 0 N–H and O–H groups in total. The summed E-state index contributed by atoms with van der Waals surface area (Å²) >= 11 is 0. The van der Waals surface area contributed by atoms with Crippen molar-refractivity contribution < 1.29 is 9.32 Å². The molecule has 5 nitrogen and oxygen atoms in total. The van der Waals surface area contributed by atoms with Gasteiger partial charge in [0.2, 0.25) is 0 Å². The van der Waals surface area contributed by atoms with Crippen LogP contribution in [0.15, 0.2) is 4.52 Å².